The van der Waals surface area contributed by atoms with E-state index in [2.05, 4.69) is 21.5 Å². The zero-order chi connectivity index (χ0) is 13.2. The Bertz CT molecular complexity index is 684. The lowest BCUT2D eigenvalue weighted by atomic mass is 10.1. The highest BCUT2D eigenvalue weighted by Crippen LogP contribution is 2.17. The minimum atomic E-state index is 0.0594. The van der Waals surface area contributed by atoms with E-state index in [-0.39, 0.29) is 5.78 Å². The molecule has 0 atom stereocenters. The number of carbonyl (C=O) groups is 1. The Labute approximate surface area is 118 Å². The number of nitrogens with zero attached hydrogens (tertiary/aromatic N) is 4. The van der Waals surface area contributed by atoms with Gasteiger partial charge in [-0.15, -0.1) is 16.4 Å². The molecule has 3 aromatic rings. The summed E-state index contributed by atoms with van der Waals surface area (Å²) in [5.41, 5.74) is 1.62. The van der Waals surface area contributed by atoms with Crippen molar-refractivity contribution in [2.24, 2.45) is 0 Å². The Kier molecular flexibility index (Phi) is 3.39. The summed E-state index contributed by atoms with van der Waals surface area (Å²) in [6.07, 6.45) is 5.92. The van der Waals surface area contributed by atoms with Gasteiger partial charge in [0, 0.05) is 17.8 Å². The van der Waals surface area contributed by atoms with E-state index in [0.29, 0.717) is 11.3 Å². The van der Waals surface area contributed by atoms with E-state index in [4.69, 9.17) is 0 Å². The molecule has 0 aliphatic rings. The molecule has 3 heterocycles. The van der Waals surface area contributed by atoms with Crippen LogP contribution in [0.1, 0.15) is 34.4 Å². The molecule has 98 valence electrons. The van der Waals surface area contributed by atoms with Gasteiger partial charge in [0.1, 0.15) is 4.88 Å². The van der Waals surface area contributed by atoms with Crippen LogP contribution < -0.4 is 0 Å². The van der Waals surface area contributed by atoms with Crippen molar-refractivity contribution in [1.82, 2.24) is 19.0 Å². The molecule has 0 aromatic carbocycles. The second kappa shape index (κ2) is 5.18. The third-order valence-electron chi connectivity index (χ3n) is 2.78. The maximum Gasteiger partial charge on any atom is 0.193 e. The molecule has 0 saturated heterocycles. The number of fused-ring (bicyclic) bond motifs is 1. The number of aryl methyl sites for hydroxylation is 1. The van der Waals surface area contributed by atoms with Crippen LogP contribution >= 0.6 is 22.9 Å². The van der Waals surface area contributed by atoms with Gasteiger partial charge in [0.05, 0.1) is 17.8 Å². The first-order valence-electron chi connectivity index (χ1n) is 6.03. The van der Waals surface area contributed by atoms with Crippen LogP contribution in [0, 0.1) is 0 Å². The van der Waals surface area contributed by atoms with Crippen LogP contribution in [-0.4, -0.2) is 24.8 Å². The van der Waals surface area contributed by atoms with Gasteiger partial charge < -0.3 is 0 Å². The summed E-state index contributed by atoms with van der Waals surface area (Å²) >= 11 is 2.75. The molecule has 3 aromatic heterocycles. The van der Waals surface area contributed by atoms with Crippen LogP contribution in [0.15, 0.2) is 17.8 Å². The van der Waals surface area contributed by atoms with Gasteiger partial charge in [0.2, 0.25) is 0 Å². The van der Waals surface area contributed by atoms with Crippen LogP contribution in [0.25, 0.3) is 4.96 Å². The summed E-state index contributed by atoms with van der Waals surface area (Å²) in [5, 5.41) is 6.00. The molecule has 0 radical (unpaired) electrons. The van der Waals surface area contributed by atoms with Crippen molar-refractivity contribution in [3.8, 4) is 0 Å². The molecule has 0 unspecified atom stereocenters. The predicted octanol–water partition coefficient (Wildman–Crippen LogP) is 2.63. The third kappa shape index (κ3) is 2.43. The first kappa shape index (κ1) is 12.4. The molecule has 5 nitrogen and oxygen atoms in total. The number of ketones is 1. The molecule has 0 amide bonds. The lowest BCUT2D eigenvalue weighted by Gasteiger charge is -1.97. The molecule has 0 N–H and O–H groups in total. The van der Waals surface area contributed by atoms with E-state index < -0.39 is 0 Å². The van der Waals surface area contributed by atoms with Crippen molar-refractivity contribution in [2.75, 3.05) is 0 Å². The molecule has 3 rings (SSSR count). The van der Waals surface area contributed by atoms with Gasteiger partial charge >= 0.3 is 0 Å². The molecular formula is C12H12N4OS2. The Morgan fingerprint density at radius 2 is 2.37 bits per heavy atom. The summed E-state index contributed by atoms with van der Waals surface area (Å²) < 4.78 is 5.82. The summed E-state index contributed by atoms with van der Waals surface area (Å²) in [4.78, 5) is 18.3. The van der Waals surface area contributed by atoms with Crippen molar-refractivity contribution < 1.29 is 4.79 Å². The van der Waals surface area contributed by atoms with Crippen LogP contribution in [-0.2, 0) is 12.8 Å². The number of imidazole rings is 1. The standard InChI is InChI=1S/C12H12N4OS2/c1-2-3-9-11(19-15-14-9)10(17)6-8-7-16-4-5-18-12(16)13-8/h4-5,7H,2-3,6H2,1H3. The van der Waals surface area contributed by atoms with Crippen molar-refractivity contribution in [3.05, 3.63) is 34.0 Å². The Morgan fingerprint density at radius 1 is 1.47 bits per heavy atom. The maximum absolute atomic E-state index is 12.3. The van der Waals surface area contributed by atoms with Crippen molar-refractivity contribution in [3.63, 3.8) is 0 Å². The lowest BCUT2D eigenvalue weighted by molar-refractivity contribution is 0.0995. The molecule has 0 fully saturated rings. The van der Waals surface area contributed by atoms with Gasteiger partial charge in [-0.1, -0.05) is 17.8 Å². The average molecular weight is 292 g/mol. The lowest BCUT2D eigenvalue weighted by Crippen LogP contribution is -2.05. The topological polar surface area (TPSA) is 60.2 Å². The van der Waals surface area contributed by atoms with Gasteiger partial charge in [0.15, 0.2) is 10.7 Å². The van der Waals surface area contributed by atoms with Crippen LogP contribution in [0.5, 0.6) is 0 Å². The normalized spacial score (nSPS) is 11.2. The molecular weight excluding hydrogens is 280 g/mol. The largest absolute Gasteiger partial charge is 0.297 e. The molecule has 7 heteroatoms. The average Bonchev–Trinajstić information content (AvgIpc) is 3.03. The van der Waals surface area contributed by atoms with E-state index in [9.17, 15) is 4.79 Å². The summed E-state index contributed by atoms with van der Waals surface area (Å²) in [5.74, 6) is 0.0594. The Balaban J connectivity index is 1.80. The van der Waals surface area contributed by atoms with E-state index in [0.717, 1.165) is 29.2 Å². The molecule has 0 aliphatic carbocycles. The first-order chi connectivity index (χ1) is 9.28. The van der Waals surface area contributed by atoms with E-state index in [1.165, 1.54) is 11.5 Å². The number of rotatable bonds is 5. The Morgan fingerprint density at radius 3 is 3.16 bits per heavy atom. The van der Waals surface area contributed by atoms with Crippen molar-refractivity contribution >= 4 is 33.6 Å². The number of hydrogen-bond donors (Lipinski definition) is 0. The van der Waals surface area contributed by atoms with Gasteiger partial charge in [-0.25, -0.2) is 4.98 Å². The van der Waals surface area contributed by atoms with Gasteiger partial charge in [-0.05, 0) is 18.0 Å². The fraction of sp³-hybridized carbons (Fsp3) is 0.333. The maximum atomic E-state index is 12.3. The summed E-state index contributed by atoms with van der Waals surface area (Å²) in [7, 11) is 0. The zero-order valence-electron chi connectivity index (χ0n) is 10.4. The highest BCUT2D eigenvalue weighted by atomic mass is 32.1. The van der Waals surface area contributed by atoms with Crippen LogP contribution in [0.4, 0.5) is 0 Å². The molecule has 0 bridgehead atoms. The molecule has 0 saturated carbocycles. The second-order valence-corrected chi connectivity index (χ2v) is 5.85. The predicted molar refractivity (Wildman–Crippen MR) is 75.0 cm³/mol. The monoisotopic (exact) mass is 292 g/mol. The van der Waals surface area contributed by atoms with E-state index >= 15 is 0 Å². The van der Waals surface area contributed by atoms with Crippen molar-refractivity contribution in [1.29, 1.82) is 0 Å². The number of carbonyl (C=O) groups excluding carboxylic acids is 1. The smallest absolute Gasteiger partial charge is 0.193 e. The van der Waals surface area contributed by atoms with E-state index in [1.54, 1.807) is 11.3 Å². The summed E-state index contributed by atoms with van der Waals surface area (Å²) in [6.45, 7) is 2.07. The molecule has 19 heavy (non-hydrogen) atoms. The fourth-order valence-corrected chi connectivity index (χ4v) is 3.29. The highest BCUT2D eigenvalue weighted by Gasteiger charge is 2.17. The minimum Gasteiger partial charge on any atom is -0.297 e. The van der Waals surface area contributed by atoms with Crippen LogP contribution in [0.3, 0.4) is 0 Å². The first-order valence-corrected chi connectivity index (χ1v) is 7.68. The van der Waals surface area contributed by atoms with Gasteiger partial charge in [-0.3, -0.25) is 9.20 Å². The fourth-order valence-electron chi connectivity index (χ4n) is 1.93. The second-order valence-electron chi connectivity index (χ2n) is 4.22. The zero-order valence-corrected chi connectivity index (χ0v) is 12.0. The third-order valence-corrected chi connectivity index (χ3v) is 4.36. The number of hydrogen-bond acceptors (Lipinski definition) is 6. The highest BCUT2D eigenvalue weighted by molar-refractivity contribution is 7.15. The minimum absolute atomic E-state index is 0.0594. The molecule has 0 spiro atoms. The summed E-state index contributed by atoms with van der Waals surface area (Å²) in [6, 6.07) is 0. The number of thiazole rings is 1. The Hall–Kier alpha value is -1.60. The van der Waals surface area contributed by atoms with Crippen LogP contribution in [0.2, 0.25) is 0 Å². The number of Topliss-reactive ketones (excluding diaryl/α,β-unsaturated/α-hetero) is 1. The number of aromatic nitrogens is 4. The quantitative estimate of drug-likeness (QED) is 0.678. The SMILES string of the molecule is CCCc1nnsc1C(=O)Cc1cn2ccsc2n1. The molecule has 0 aliphatic heterocycles. The van der Waals surface area contributed by atoms with Crippen molar-refractivity contribution in [2.45, 2.75) is 26.2 Å². The van der Waals surface area contributed by atoms with Gasteiger partial charge in [0.25, 0.3) is 0 Å². The van der Waals surface area contributed by atoms with E-state index in [1.807, 2.05) is 22.2 Å². The van der Waals surface area contributed by atoms with Gasteiger partial charge in [-0.2, -0.15) is 0 Å².